The number of benzene rings is 1. The summed E-state index contributed by atoms with van der Waals surface area (Å²) in [5, 5.41) is 0. The standard InChI is InChI=1S/C24H31N3O4/c1-24(2,3)18-31-23(29)17-30-21-6-4-19(5-7-21)22(28)16-26-12-14-27(15-13-26)20-8-10-25-11-9-20/h4-11H,12-18H2,1-3H3. The zero-order valence-corrected chi connectivity index (χ0v) is 18.5. The molecule has 7 heteroatoms. The molecule has 0 radical (unpaired) electrons. The molecule has 0 bridgehead atoms. The van der Waals surface area contributed by atoms with Crippen molar-refractivity contribution >= 4 is 17.4 Å². The summed E-state index contributed by atoms with van der Waals surface area (Å²) in [4.78, 5) is 32.9. The van der Waals surface area contributed by atoms with Crippen LogP contribution in [-0.2, 0) is 9.53 Å². The third-order valence-corrected chi connectivity index (χ3v) is 4.97. The first-order chi connectivity index (χ1) is 14.8. The van der Waals surface area contributed by atoms with E-state index in [0.717, 1.165) is 26.2 Å². The van der Waals surface area contributed by atoms with Gasteiger partial charge >= 0.3 is 5.97 Å². The number of pyridine rings is 1. The number of anilines is 1. The molecule has 0 aliphatic carbocycles. The second kappa shape index (κ2) is 10.4. The van der Waals surface area contributed by atoms with Gasteiger partial charge in [0.15, 0.2) is 12.4 Å². The van der Waals surface area contributed by atoms with Gasteiger partial charge in [-0.2, -0.15) is 0 Å². The first-order valence-corrected chi connectivity index (χ1v) is 10.6. The minimum Gasteiger partial charge on any atom is -0.482 e. The monoisotopic (exact) mass is 425 g/mol. The Bertz CT molecular complexity index is 855. The molecule has 0 saturated carbocycles. The zero-order chi connectivity index (χ0) is 22.3. The maximum atomic E-state index is 12.6. The summed E-state index contributed by atoms with van der Waals surface area (Å²) in [6.07, 6.45) is 3.60. The Hall–Kier alpha value is -2.93. The molecule has 0 amide bonds. The average molecular weight is 426 g/mol. The topological polar surface area (TPSA) is 72.0 Å². The lowest BCUT2D eigenvalue weighted by atomic mass is 9.99. The number of esters is 1. The number of ether oxygens (including phenoxy) is 2. The van der Waals surface area contributed by atoms with Gasteiger partial charge in [-0.25, -0.2) is 4.79 Å². The van der Waals surface area contributed by atoms with Crippen molar-refractivity contribution in [3.05, 3.63) is 54.4 Å². The van der Waals surface area contributed by atoms with Crippen LogP contribution in [0.4, 0.5) is 5.69 Å². The summed E-state index contributed by atoms with van der Waals surface area (Å²) in [7, 11) is 0. The van der Waals surface area contributed by atoms with E-state index >= 15 is 0 Å². The number of Topliss-reactive ketones (excluding diaryl/α,β-unsaturated/α-hetero) is 1. The molecule has 31 heavy (non-hydrogen) atoms. The third-order valence-electron chi connectivity index (χ3n) is 4.97. The van der Waals surface area contributed by atoms with Crippen LogP contribution in [0.1, 0.15) is 31.1 Å². The van der Waals surface area contributed by atoms with Crippen LogP contribution in [0.15, 0.2) is 48.8 Å². The van der Waals surface area contributed by atoms with Crippen molar-refractivity contribution in [2.45, 2.75) is 20.8 Å². The second-order valence-electron chi connectivity index (χ2n) is 8.93. The molecule has 0 N–H and O–H groups in total. The van der Waals surface area contributed by atoms with Crippen molar-refractivity contribution in [3.63, 3.8) is 0 Å². The lowest BCUT2D eigenvalue weighted by Gasteiger charge is -2.35. The number of ketones is 1. The number of carbonyl (C=O) groups excluding carboxylic acids is 2. The highest BCUT2D eigenvalue weighted by Crippen LogP contribution is 2.17. The minimum absolute atomic E-state index is 0.0773. The highest BCUT2D eigenvalue weighted by molar-refractivity contribution is 5.97. The molecule has 166 valence electrons. The molecule has 1 aliphatic heterocycles. The van der Waals surface area contributed by atoms with E-state index in [1.807, 2.05) is 32.9 Å². The van der Waals surface area contributed by atoms with Crippen molar-refractivity contribution in [1.29, 1.82) is 0 Å². The van der Waals surface area contributed by atoms with Crippen LogP contribution in [0.3, 0.4) is 0 Å². The van der Waals surface area contributed by atoms with Crippen molar-refractivity contribution in [3.8, 4) is 5.75 Å². The maximum absolute atomic E-state index is 12.6. The molecule has 2 aromatic rings. The molecule has 1 aliphatic rings. The van der Waals surface area contributed by atoms with Gasteiger partial charge in [0.25, 0.3) is 0 Å². The molecule has 7 nitrogen and oxygen atoms in total. The lowest BCUT2D eigenvalue weighted by molar-refractivity contribution is -0.148. The van der Waals surface area contributed by atoms with E-state index in [1.54, 1.807) is 36.7 Å². The fourth-order valence-electron chi connectivity index (χ4n) is 3.23. The van der Waals surface area contributed by atoms with Gasteiger partial charge in [0, 0.05) is 49.8 Å². The van der Waals surface area contributed by atoms with E-state index in [1.165, 1.54) is 5.69 Å². The lowest BCUT2D eigenvalue weighted by Crippen LogP contribution is -2.48. The predicted molar refractivity (Wildman–Crippen MR) is 120 cm³/mol. The number of piperazine rings is 1. The SMILES string of the molecule is CC(C)(C)COC(=O)COc1ccc(C(=O)CN2CCN(c3ccncc3)CC2)cc1. The average Bonchev–Trinajstić information content (AvgIpc) is 2.77. The highest BCUT2D eigenvalue weighted by Gasteiger charge is 2.20. The van der Waals surface area contributed by atoms with Crippen molar-refractivity contribution in [2.24, 2.45) is 5.41 Å². The Kier molecular flexibility index (Phi) is 7.63. The highest BCUT2D eigenvalue weighted by atomic mass is 16.6. The second-order valence-corrected chi connectivity index (χ2v) is 8.93. The summed E-state index contributed by atoms with van der Waals surface area (Å²) in [6, 6.07) is 10.9. The van der Waals surface area contributed by atoms with Gasteiger partial charge < -0.3 is 14.4 Å². The minimum atomic E-state index is -0.402. The summed E-state index contributed by atoms with van der Waals surface area (Å²) in [5.41, 5.74) is 1.72. The van der Waals surface area contributed by atoms with Crippen LogP contribution >= 0.6 is 0 Å². The van der Waals surface area contributed by atoms with Crippen molar-refractivity contribution in [1.82, 2.24) is 9.88 Å². The summed E-state index contributed by atoms with van der Waals surface area (Å²) in [5.74, 6) is 0.213. The quantitative estimate of drug-likeness (QED) is 0.475. The van der Waals surface area contributed by atoms with Gasteiger partial charge in [-0.3, -0.25) is 14.7 Å². The molecule has 1 saturated heterocycles. The van der Waals surface area contributed by atoms with Gasteiger partial charge in [0.05, 0.1) is 13.2 Å². The van der Waals surface area contributed by atoms with Crippen LogP contribution in [0.25, 0.3) is 0 Å². The van der Waals surface area contributed by atoms with E-state index < -0.39 is 5.97 Å². The summed E-state index contributed by atoms with van der Waals surface area (Å²) < 4.78 is 10.6. The number of nitrogens with zero attached hydrogens (tertiary/aromatic N) is 3. The first kappa shape index (κ1) is 22.7. The number of rotatable bonds is 8. The molecular weight excluding hydrogens is 394 g/mol. The Morgan fingerprint density at radius 3 is 2.23 bits per heavy atom. The first-order valence-electron chi connectivity index (χ1n) is 10.6. The Morgan fingerprint density at radius 2 is 1.61 bits per heavy atom. The zero-order valence-electron chi connectivity index (χ0n) is 18.5. The van der Waals surface area contributed by atoms with Crippen molar-refractivity contribution < 1.29 is 19.1 Å². The van der Waals surface area contributed by atoms with Gasteiger partial charge in [-0.1, -0.05) is 20.8 Å². The maximum Gasteiger partial charge on any atom is 0.344 e. The van der Waals surface area contributed by atoms with E-state index in [4.69, 9.17) is 9.47 Å². The van der Waals surface area contributed by atoms with Gasteiger partial charge in [0.2, 0.25) is 0 Å². The van der Waals surface area contributed by atoms with E-state index in [9.17, 15) is 9.59 Å². The smallest absolute Gasteiger partial charge is 0.344 e. The van der Waals surface area contributed by atoms with Gasteiger partial charge in [-0.05, 0) is 41.8 Å². The fraction of sp³-hybridized carbons (Fsp3) is 0.458. The van der Waals surface area contributed by atoms with Crippen LogP contribution < -0.4 is 9.64 Å². The molecule has 0 spiro atoms. The fourth-order valence-corrected chi connectivity index (χ4v) is 3.23. The molecule has 0 unspecified atom stereocenters. The summed E-state index contributed by atoms with van der Waals surface area (Å²) in [6.45, 7) is 10.0. The Balaban J connectivity index is 1.42. The predicted octanol–water partition coefficient (Wildman–Crippen LogP) is 3.05. The number of hydrogen-bond donors (Lipinski definition) is 0. The number of hydrogen-bond acceptors (Lipinski definition) is 7. The molecule has 0 atom stereocenters. The van der Waals surface area contributed by atoms with E-state index in [0.29, 0.717) is 24.5 Å². The van der Waals surface area contributed by atoms with E-state index in [2.05, 4.69) is 14.8 Å². The van der Waals surface area contributed by atoms with Crippen LogP contribution in [-0.4, -0.2) is 67.6 Å². The Morgan fingerprint density at radius 1 is 0.968 bits per heavy atom. The molecule has 1 aromatic carbocycles. The summed E-state index contributed by atoms with van der Waals surface area (Å²) >= 11 is 0. The number of aromatic nitrogens is 1. The van der Waals surface area contributed by atoms with Crippen molar-refractivity contribution in [2.75, 3.05) is 50.8 Å². The molecule has 1 fully saturated rings. The van der Waals surface area contributed by atoms with Gasteiger partial charge in [-0.15, -0.1) is 0 Å². The van der Waals surface area contributed by atoms with Gasteiger partial charge in [0.1, 0.15) is 5.75 Å². The largest absolute Gasteiger partial charge is 0.482 e. The van der Waals surface area contributed by atoms with Crippen LogP contribution in [0.5, 0.6) is 5.75 Å². The number of carbonyl (C=O) groups is 2. The third kappa shape index (κ3) is 7.36. The molecule has 3 rings (SSSR count). The molecule has 2 heterocycles. The molecule has 1 aromatic heterocycles. The van der Waals surface area contributed by atoms with Crippen LogP contribution in [0.2, 0.25) is 0 Å². The molecular formula is C24H31N3O4. The normalized spacial score (nSPS) is 14.9. The van der Waals surface area contributed by atoms with E-state index in [-0.39, 0.29) is 17.8 Å². The Labute approximate surface area is 184 Å². The van der Waals surface area contributed by atoms with Crippen LogP contribution in [0, 0.1) is 5.41 Å².